The molecule has 0 aliphatic heterocycles. The van der Waals surface area contributed by atoms with Crippen molar-refractivity contribution < 1.29 is 4.74 Å². The number of benzene rings is 2. The van der Waals surface area contributed by atoms with Crippen LogP contribution in [0.1, 0.15) is 30.2 Å². The molecule has 0 radical (unpaired) electrons. The lowest BCUT2D eigenvalue weighted by molar-refractivity contribution is 0.0327. The van der Waals surface area contributed by atoms with E-state index in [1.54, 1.807) is 0 Å². The van der Waals surface area contributed by atoms with Gasteiger partial charge in [-0.15, -0.1) is 0 Å². The average Bonchev–Trinajstić information content (AvgIpc) is 2.49. The van der Waals surface area contributed by atoms with Gasteiger partial charge in [-0.05, 0) is 18.1 Å². The predicted molar refractivity (Wildman–Crippen MR) is 77.3 cm³/mol. The summed E-state index contributed by atoms with van der Waals surface area (Å²) in [4.78, 5) is 0. The van der Waals surface area contributed by atoms with Crippen LogP contribution in [0.2, 0.25) is 0 Å². The number of nitrogens with one attached hydrogen (secondary N) is 1. The molecule has 2 unspecified atom stereocenters. The molecule has 0 fully saturated rings. The van der Waals surface area contributed by atoms with Crippen LogP contribution >= 0.6 is 0 Å². The van der Waals surface area contributed by atoms with Crippen LogP contribution < -0.4 is 11.3 Å². The Labute approximate surface area is 114 Å². The van der Waals surface area contributed by atoms with Crippen molar-refractivity contribution in [1.29, 1.82) is 0 Å². The molecule has 2 atom stereocenters. The number of hydrogen-bond donors (Lipinski definition) is 2. The highest BCUT2D eigenvalue weighted by Crippen LogP contribution is 2.31. The van der Waals surface area contributed by atoms with E-state index in [1.165, 1.54) is 0 Å². The monoisotopic (exact) mass is 256 g/mol. The van der Waals surface area contributed by atoms with Gasteiger partial charge in [0.15, 0.2) is 0 Å². The van der Waals surface area contributed by atoms with Gasteiger partial charge in [-0.2, -0.15) is 0 Å². The van der Waals surface area contributed by atoms with Crippen LogP contribution in [0.15, 0.2) is 60.7 Å². The minimum atomic E-state index is -0.0985. The summed E-state index contributed by atoms with van der Waals surface area (Å²) >= 11 is 0. The molecule has 0 saturated heterocycles. The second kappa shape index (κ2) is 7.04. The van der Waals surface area contributed by atoms with Crippen molar-refractivity contribution in [2.75, 3.05) is 6.61 Å². The fourth-order valence-corrected chi connectivity index (χ4v) is 2.23. The van der Waals surface area contributed by atoms with Gasteiger partial charge in [0.05, 0.1) is 6.04 Å². The maximum absolute atomic E-state index is 5.89. The molecule has 2 aromatic carbocycles. The van der Waals surface area contributed by atoms with Gasteiger partial charge in [-0.25, -0.2) is 0 Å². The first-order valence-corrected chi connectivity index (χ1v) is 6.54. The number of ether oxygens (including phenoxy) is 1. The zero-order chi connectivity index (χ0) is 13.5. The fraction of sp³-hybridized carbons (Fsp3) is 0.250. The van der Waals surface area contributed by atoms with Crippen LogP contribution in [0.25, 0.3) is 0 Å². The highest BCUT2D eigenvalue weighted by molar-refractivity contribution is 5.26. The molecule has 0 amide bonds. The average molecular weight is 256 g/mol. The molecule has 2 rings (SSSR count). The maximum Gasteiger partial charge on any atom is 0.103 e. The lowest BCUT2D eigenvalue weighted by Gasteiger charge is -2.27. The van der Waals surface area contributed by atoms with Gasteiger partial charge in [-0.3, -0.25) is 11.3 Å². The molecule has 0 saturated carbocycles. The summed E-state index contributed by atoms with van der Waals surface area (Å²) in [5.74, 6) is 5.74. The van der Waals surface area contributed by atoms with E-state index in [0.717, 1.165) is 11.1 Å². The van der Waals surface area contributed by atoms with E-state index in [4.69, 9.17) is 10.6 Å². The molecule has 0 aliphatic carbocycles. The molecule has 3 N–H and O–H groups in total. The standard InChI is InChI=1S/C16H20N2O/c1-2-19-16(14-11-7-4-8-12-14)15(18-17)13-9-5-3-6-10-13/h3-12,15-16,18H,2,17H2,1H3. The largest absolute Gasteiger partial charge is 0.372 e. The summed E-state index contributed by atoms with van der Waals surface area (Å²) in [5, 5.41) is 0. The third-order valence-electron chi connectivity index (χ3n) is 3.12. The van der Waals surface area contributed by atoms with Gasteiger partial charge >= 0.3 is 0 Å². The van der Waals surface area contributed by atoms with E-state index in [1.807, 2.05) is 43.3 Å². The third-order valence-corrected chi connectivity index (χ3v) is 3.12. The summed E-state index contributed by atoms with van der Waals surface area (Å²) in [6.07, 6.45) is -0.0985. The molecular formula is C16H20N2O. The van der Waals surface area contributed by atoms with Crippen molar-refractivity contribution in [3.63, 3.8) is 0 Å². The van der Waals surface area contributed by atoms with Crippen LogP contribution in [0.3, 0.4) is 0 Å². The van der Waals surface area contributed by atoms with Gasteiger partial charge in [0.1, 0.15) is 6.10 Å². The van der Waals surface area contributed by atoms with Crippen molar-refractivity contribution >= 4 is 0 Å². The Morgan fingerprint density at radius 2 is 1.47 bits per heavy atom. The second-order valence-corrected chi connectivity index (χ2v) is 4.34. The van der Waals surface area contributed by atoms with Crippen LogP contribution in [0, 0.1) is 0 Å². The lowest BCUT2D eigenvalue weighted by atomic mass is 9.96. The van der Waals surface area contributed by atoms with Crippen LogP contribution in [-0.4, -0.2) is 6.61 Å². The summed E-state index contributed by atoms with van der Waals surface area (Å²) in [7, 11) is 0. The van der Waals surface area contributed by atoms with E-state index < -0.39 is 0 Å². The fourth-order valence-electron chi connectivity index (χ4n) is 2.23. The second-order valence-electron chi connectivity index (χ2n) is 4.34. The number of hydrogen-bond acceptors (Lipinski definition) is 3. The number of nitrogens with two attached hydrogens (primary N) is 1. The topological polar surface area (TPSA) is 47.3 Å². The van der Waals surface area contributed by atoms with E-state index in [9.17, 15) is 0 Å². The minimum absolute atomic E-state index is 0.0662. The zero-order valence-corrected chi connectivity index (χ0v) is 11.1. The molecule has 0 aromatic heterocycles. The summed E-state index contributed by atoms with van der Waals surface area (Å²) in [5.41, 5.74) is 5.12. The molecule has 3 nitrogen and oxygen atoms in total. The SMILES string of the molecule is CCOC(c1ccccc1)C(NN)c1ccccc1. The van der Waals surface area contributed by atoms with Crippen LogP contribution in [0.5, 0.6) is 0 Å². The Morgan fingerprint density at radius 3 is 1.95 bits per heavy atom. The molecule has 19 heavy (non-hydrogen) atoms. The van der Waals surface area contributed by atoms with E-state index in [0.29, 0.717) is 6.61 Å². The van der Waals surface area contributed by atoms with Gasteiger partial charge in [0.2, 0.25) is 0 Å². The highest BCUT2D eigenvalue weighted by Gasteiger charge is 2.23. The molecule has 0 heterocycles. The maximum atomic E-state index is 5.89. The number of rotatable bonds is 6. The summed E-state index contributed by atoms with van der Waals surface area (Å²) in [6, 6.07) is 20.2. The van der Waals surface area contributed by atoms with Crippen molar-refractivity contribution in [1.82, 2.24) is 5.43 Å². The first kappa shape index (κ1) is 13.7. The Morgan fingerprint density at radius 1 is 0.947 bits per heavy atom. The van der Waals surface area contributed by atoms with Crippen molar-refractivity contribution in [3.05, 3.63) is 71.8 Å². The molecule has 100 valence electrons. The van der Waals surface area contributed by atoms with Gasteiger partial charge in [-0.1, -0.05) is 60.7 Å². The molecule has 0 bridgehead atoms. The van der Waals surface area contributed by atoms with E-state index in [2.05, 4.69) is 29.7 Å². The molecule has 0 spiro atoms. The number of hydrazine groups is 1. The lowest BCUT2D eigenvalue weighted by Crippen LogP contribution is -2.33. The third kappa shape index (κ3) is 3.41. The van der Waals surface area contributed by atoms with Crippen molar-refractivity contribution in [2.24, 2.45) is 5.84 Å². The summed E-state index contributed by atoms with van der Waals surface area (Å²) < 4.78 is 5.89. The Balaban J connectivity index is 2.31. The predicted octanol–water partition coefficient (Wildman–Crippen LogP) is 2.97. The Bertz CT molecular complexity index is 473. The first-order valence-electron chi connectivity index (χ1n) is 6.54. The summed E-state index contributed by atoms with van der Waals surface area (Å²) in [6.45, 7) is 2.64. The highest BCUT2D eigenvalue weighted by atomic mass is 16.5. The molecule has 2 aromatic rings. The Kier molecular flexibility index (Phi) is 5.10. The van der Waals surface area contributed by atoms with Gasteiger partial charge < -0.3 is 4.74 Å². The minimum Gasteiger partial charge on any atom is -0.372 e. The van der Waals surface area contributed by atoms with E-state index in [-0.39, 0.29) is 12.1 Å². The zero-order valence-electron chi connectivity index (χ0n) is 11.1. The Hall–Kier alpha value is -1.68. The normalized spacial score (nSPS) is 14.0. The quantitative estimate of drug-likeness (QED) is 0.617. The van der Waals surface area contributed by atoms with Crippen LogP contribution in [0.4, 0.5) is 0 Å². The van der Waals surface area contributed by atoms with Gasteiger partial charge in [0.25, 0.3) is 0 Å². The molecular weight excluding hydrogens is 236 g/mol. The van der Waals surface area contributed by atoms with Crippen LogP contribution in [-0.2, 0) is 4.74 Å². The van der Waals surface area contributed by atoms with Crippen molar-refractivity contribution in [2.45, 2.75) is 19.1 Å². The smallest absolute Gasteiger partial charge is 0.103 e. The van der Waals surface area contributed by atoms with Crippen molar-refractivity contribution in [3.8, 4) is 0 Å². The van der Waals surface area contributed by atoms with Gasteiger partial charge in [0, 0.05) is 6.61 Å². The first-order chi connectivity index (χ1) is 9.36. The molecule has 3 heteroatoms. The molecule has 0 aliphatic rings. The van der Waals surface area contributed by atoms with E-state index >= 15 is 0 Å².